The van der Waals surface area contributed by atoms with Crippen LogP contribution in [-0.2, 0) is 6.54 Å². The molecule has 0 atom stereocenters. The maximum Gasteiger partial charge on any atom is 0.267 e. The van der Waals surface area contributed by atoms with Crippen molar-refractivity contribution in [2.45, 2.75) is 6.54 Å². The van der Waals surface area contributed by atoms with Gasteiger partial charge in [0.15, 0.2) is 0 Å². The van der Waals surface area contributed by atoms with Gasteiger partial charge in [0.05, 0.1) is 13.4 Å². The van der Waals surface area contributed by atoms with Gasteiger partial charge < -0.3 is 15.0 Å². The van der Waals surface area contributed by atoms with Gasteiger partial charge in [-0.2, -0.15) is 0 Å². The summed E-state index contributed by atoms with van der Waals surface area (Å²) in [5.74, 6) is 1.31. The van der Waals surface area contributed by atoms with E-state index in [-0.39, 0.29) is 5.56 Å². The minimum absolute atomic E-state index is 0.210. The van der Waals surface area contributed by atoms with E-state index >= 15 is 0 Å². The number of hydrogen-bond acceptors (Lipinski definition) is 4. The Balaban J connectivity index is 2.11. The number of H-pyrrole nitrogens is 1. The fourth-order valence-corrected chi connectivity index (χ4v) is 1.83. The number of benzene rings is 1. The topological polar surface area (TPSA) is 67.0 Å². The van der Waals surface area contributed by atoms with Crippen molar-refractivity contribution >= 4 is 21.7 Å². The van der Waals surface area contributed by atoms with E-state index in [2.05, 4.69) is 31.2 Å². The summed E-state index contributed by atoms with van der Waals surface area (Å²) in [6.07, 6.45) is 1.36. The summed E-state index contributed by atoms with van der Waals surface area (Å²) in [6.45, 7) is 0.562. The Kier molecular flexibility index (Phi) is 3.99. The third-order valence-electron chi connectivity index (χ3n) is 2.39. The lowest BCUT2D eigenvalue weighted by Crippen LogP contribution is -2.12. The van der Waals surface area contributed by atoms with Gasteiger partial charge in [-0.25, -0.2) is 4.98 Å². The normalized spacial score (nSPS) is 10.1. The van der Waals surface area contributed by atoms with Crippen molar-refractivity contribution in [3.63, 3.8) is 0 Å². The van der Waals surface area contributed by atoms with Crippen molar-refractivity contribution < 1.29 is 4.74 Å². The van der Waals surface area contributed by atoms with Crippen LogP contribution in [0.2, 0.25) is 0 Å². The van der Waals surface area contributed by atoms with Crippen LogP contribution in [0.3, 0.4) is 0 Å². The minimum atomic E-state index is -0.210. The first-order chi connectivity index (χ1) is 8.70. The number of ether oxygens (including phenoxy) is 1. The smallest absolute Gasteiger partial charge is 0.267 e. The van der Waals surface area contributed by atoms with Crippen LogP contribution >= 0.6 is 15.9 Å². The highest BCUT2D eigenvalue weighted by molar-refractivity contribution is 9.10. The van der Waals surface area contributed by atoms with E-state index < -0.39 is 0 Å². The molecule has 0 spiro atoms. The van der Waals surface area contributed by atoms with Crippen LogP contribution in [0, 0.1) is 0 Å². The highest BCUT2D eigenvalue weighted by Crippen LogP contribution is 2.16. The summed E-state index contributed by atoms with van der Waals surface area (Å²) < 4.78 is 5.54. The largest absolute Gasteiger partial charge is 0.497 e. The first-order valence-electron chi connectivity index (χ1n) is 5.30. The van der Waals surface area contributed by atoms with Crippen molar-refractivity contribution in [3.05, 3.63) is 51.0 Å². The maximum absolute atomic E-state index is 11.3. The molecule has 2 rings (SSSR count). The molecule has 2 N–H and O–H groups in total. The van der Waals surface area contributed by atoms with E-state index in [9.17, 15) is 4.79 Å². The zero-order valence-electron chi connectivity index (χ0n) is 9.74. The molecule has 0 aliphatic rings. The lowest BCUT2D eigenvalue weighted by Gasteiger charge is -2.07. The number of nitrogens with one attached hydrogen (secondary N) is 2. The summed E-state index contributed by atoms with van der Waals surface area (Å²) in [6, 6.07) is 7.69. The summed E-state index contributed by atoms with van der Waals surface area (Å²) in [5.41, 5.74) is 0.835. The molecule has 2 aromatic rings. The Labute approximate surface area is 112 Å². The molecule has 0 saturated carbocycles. The van der Waals surface area contributed by atoms with Gasteiger partial charge in [0.1, 0.15) is 16.0 Å². The van der Waals surface area contributed by atoms with Crippen molar-refractivity contribution in [2.24, 2.45) is 0 Å². The fourth-order valence-electron chi connectivity index (χ4n) is 1.47. The van der Waals surface area contributed by atoms with Gasteiger partial charge in [0.2, 0.25) is 0 Å². The second-order valence-electron chi connectivity index (χ2n) is 3.60. The average Bonchev–Trinajstić information content (AvgIpc) is 2.41. The second kappa shape index (κ2) is 5.68. The number of nitrogens with zero attached hydrogens (tertiary/aromatic N) is 1. The minimum Gasteiger partial charge on any atom is -0.497 e. The number of methoxy groups -OCH3 is 1. The molecule has 1 aromatic heterocycles. The van der Waals surface area contributed by atoms with E-state index in [1.54, 1.807) is 7.11 Å². The lowest BCUT2D eigenvalue weighted by molar-refractivity contribution is 0.414. The number of aromatic amines is 1. The molecule has 0 saturated heterocycles. The molecule has 0 fully saturated rings. The van der Waals surface area contributed by atoms with Gasteiger partial charge in [-0.15, -0.1) is 0 Å². The third-order valence-corrected chi connectivity index (χ3v) is 3.13. The van der Waals surface area contributed by atoms with Crippen molar-refractivity contribution in [2.75, 3.05) is 12.4 Å². The number of rotatable bonds is 4. The first-order valence-corrected chi connectivity index (χ1v) is 6.10. The molecule has 0 aliphatic heterocycles. The number of hydrogen-bond donors (Lipinski definition) is 2. The van der Waals surface area contributed by atoms with Crippen LogP contribution in [0.5, 0.6) is 5.75 Å². The van der Waals surface area contributed by atoms with E-state index in [0.717, 1.165) is 11.3 Å². The first kappa shape index (κ1) is 12.6. The van der Waals surface area contributed by atoms with E-state index in [1.165, 1.54) is 6.33 Å². The molecule has 94 valence electrons. The molecule has 0 aliphatic carbocycles. The molecule has 0 unspecified atom stereocenters. The average molecular weight is 310 g/mol. The van der Waals surface area contributed by atoms with Crippen LogP contribution in [0.4, 0.5) is 5.82 Å². The van der Waals surface area contributed by atoms with Crippen molar-refractivity contribution in [3.8, 4) is 5.75 Å². The fraction of sp³-hybridized carbons (Fsp3) is 0.167. The Morgan fingerprint density at radius 3 is 3.11 bits per heavy atom. The van der Waals surface area contributed by atoms with Crippen LogP contribution in [-0.4, -0.2) is 17.1 Å². The predicted octanol–water partition coefficient (Wildman–Crippen LogP) is 2.15. The van der Waals surface area contributed by atoms with Crippen LogP contribution in [0.1, 0.15) is 5.56 Å². The number of anilines is 1. The SMILES string of the molecule is COc1cccc(CNc2nc[nH]c(=O)c2Br)c1. The van der Waals surface area contributed by atoms with Crippen LogP contribution in [0.15, 0.2) is 39.9 Å². The monoisotopic (exact) mass is 309 g/mol. The molecule has 1 aromatic carbocycles. The number of aromatic nitrogens is 2. The highest BCUT2D eigenvalue weighted by atomic mass is 79.9. The molecule has 18 heavy (non-hydrogen) atoms. The summed E-state index contributed by atoms with van der Waals surface area (Å²) in [5, 5.41) is 3.09. The molecule has 0 radical (unpaired) electrons. The van der Waals surface area contributed by atoms with Gasteiger partial charge in [-0.1, -0.05) is 12.1 Å². The molecule has 1 heterocycles. The molecular weight excluding hydrogens is 298 g/mol. The third kappa shape index (κ3) is 2.89. The Morgan fingerprint density at radius 2 is 2.33 bits per heavy atom. The molecule has 0 amide bonds. The molecule has 6 heteroatoms. The quantitative estimate of drug-likeness (QED) is 0.908. The van der Waals surface area contributed by atoms with Gasteiger partial charge >= 0.3 is 0 Å². The zero-order chi connectivity index (χ0) is 13.0. The molecule has 0 bridgehead atoms. The van der Waals surface area contributed by atoms with Crippen molar-refractivity contribution in [1.82, 2.24) is 9.97 Å². The summed E-state index contributed by atoms with van der Waals surface area (Å²) in [7, 11) is 1.63. The van der Waals surface area contributed by atoms with Crippen LogP contribution in [0.25, 0.3) is 0 Å². The van der Waals surface area contributed by atoms with E-state index in [0.29, 0.717) is 16.8 Å². The second-order valence-corrected chi connectivity index (χ2v) is 4.39. The maximum atomic E-state index is 11.3. The Hall–Kier alpha value is -1.82. The predicted molar refractivity (Wildman–Crippen MR) is 72.9 cm³/mol. The number of halogens is 1. The zero-order valence-corrected chi connectivity index (χ0v) is 11.3. The summed E-state index contributed by atoms with van der Waals surface area (Å²) >= 11 is 3.19. The molecular formula is C12H12BrN3O2. The standard InChI is InChI=1S/C12H12BrN3O2/c1-18-9-4-2-3-8(5-9)6-14-11-10(13)12(17)16-7-15-11/h2-5,7H,6H2,1H3,(H2,14,15,16,17). The van der Waals surface area contributed by atoms with Gasteiger partial charge in [-0.05, 0) is 33.6 Å². The highest BCUT2D eigenvalue weighted by Gasteiger charge is 2.04. The molecule has 5 nitrogen and oxygen atoms in total. The Bertz CT molecular complexity index is 598. The van der Waals surface area contributed by atoms with Gasteiger partial charge in [0.25, 0.3) is 5.56 Å². The van der Waals surface area contributed by atoms with E-state index in [4.69, 9.17) is 4.74 Å². The van der Waals surface area contributed by atoms with Gasteiger partial charge in [-0.3, -0.25) is 4.79 Å². The van der Waals surface area contributed by atoms with E-state index in [1.807, 2.05) is 24.3 Å². The van der Waals surface area contributed by atoms with Crippen molar-refractivity contribution in [1.29, 1.82) is 0 Å². The Morgan fingerprint density at radius 1 is 1.50 bits per heavy atom. The van der Waals surface area contributed by atoms with Gasteiger partial charge in [0, 0.05) is 6.54 Å². The summed E-state index contributed by atoms with van der Waals surface area (Å²) in [4.78, 5) is 17.9. The van der Waals surface area contributed by atoms with Crippen LogP contribution < -0.4 is 15.6 Å². The lowest BCUT2D eigenvalue weighted by atomic mass is 10.2.